The molecule has 0 bridgehead atoms. The second kappa shape index (κ2) is 6.12. The van der Waals surface area contributed by atoms with Gasteiger partial charge in [-0.2, -0.15) is 0 Å². The van der Waals surface area contributed by atoms with Crippen molar-refractivity contribution in [3.05, 3.63) is 24.2 Å². The Morgan fingerprint density at radius 2 is 1.95 bits per heavy atom. The van der Waals surface area contributed by atoms with Crippen molar-refractivity contribution in [2.45, 2.75) is 44.9 Å². The van der Waals surface area contributed by atoms with Gasteiger partial charge in [0.05, 0.1) is 18.5 Å². The van der Waals surface area contributed by atoms with Crippen molar-refractivity contribution in [2.75, 3.05) is 19.6 Å². The molecule has 3 atom stereocenters. The summed E-state index contributed by atoms with van der Waals surface area (Å²) >= 11 is 0. The van der Waals surface area contributed by atoms with Crippen LogP contribution in [-0.4, -0.2) is 59.5 Å². The monoisotopic (exact) mass is 306 g/mol. The zero-order valence-electron chi connectivity index (χ0n) is 13.0. The van der Waals surface area contributed by atoms with E-state index in [1.54, 1.807) is 17.0 Å². The molecule has 6 nitrogen and oxygen atoms in total. The minimum atomic E-state index is -0.380. The van der Waals surface area contributed by atoms with Gasteiger partial charge in [-0.1, -0.05) is 0 Å². The molecule has 1 aromatic rings. The Hall–Kier alpha value is -1.82. The van der Waals surface area contributed by atoms with Gasteiger partial charge >= 0.3 is 0 Å². The van der Waals surface area contributed by atoms with Crippen LogP contribution in [0.25, 0.3) is 0 Å². The van der Waals surface area contributed by atoms with E-state index in [1.807, 2.05) is 18.7 Å². The van der Waals surface area contributed by atoms with Gasteiger partial charge in [-0.3, -0.25) is 9.59 Å². The molecule has 120 valence electrons. The molecule has 1 aromatic heterocycles. The number of carbonyl (C=O) groups is 2. The number of amides is 2. The van der Waals surface area contributed by atoms with Crippen LogP contribution in [0.5, 0.6) is 0 Å². The number of likely N-dealkylation sites (tertiary alicyclic amines) is 1. The molecule has 0 spiro atoms. The van der Waals surface area contributed by atoms with Crippen molar-refractivity contribution < 1.29 is 18.7 Å². The molecule has 0 N–H and O–H groups in total. The van der Waals surface area contributed by atoms with E-state index in [1.165, 1.54) is 6.26 Å². The maximum atomic E-state index is 12.8. The summed E-state index contributed by atoms with van der Waals surface area (Å²) in [5.41, 5.74) is 0. The van der Waals surface area contributed by atoms with Crippen LogP contribution in [0, 0.1) is 0 Å². The smallest absolute Gasteiger partial charge is 0.290 e. The highest BCUT2D eigenvalue weighted by atomic mass is 16.5. The Kier molecular flexibility index (Phi) is 4.20. The van der Waals surface area contributed by atoms with Gasteiger partial charge < -0.3 is 19.0 Å². The fraction of sp³-hybridized carbons (Fsp3) is 0.625. The lowest BCUT2D eigenvalue weighted by atomic mass is 10.1. The van der Waals surface area contributed by atoms with Crippen LogP contribution in [0.2, 0.25) is 0 Å². The third kappa shape index (κ3) is 2.88. The normalized spacial score (nSPS) is 28.9. The van der Waals surface area contributed by atoms with Gasteiger partial charge in [0, 0.05) is 19.6 Å². The molecule has 6 heteroatoms. The van der Waals surface area contributed by atoms with Crippen molar-refractivity contribution in [1.29, 1.82) is 0 Å². The number of morpholine rings is 1. The first-order valence-electron chi connectivity index (χ1n) is 7.85. The van der Waals surface area contributed by atoms with E-state index in [4.69, 9.17) is 9.15 Å². The minimum absolute atomic E-state index is 0.0272. The molecule has 2 aliphatic rings. The topological polar surface area (TPSA) is 63.0 Å². The number of carbonyl (C=O) groups excluding carboxylic acids is 2. The van der Waals surface area contributed by atoms with Crippen molar-refractivity contribution in [3.63, 3.8) is 0 Å². The molecule has 0 radical (unpaired) electrons. The average Bonchev–Trinajstić information content (AvgIpc) is 3.16. The van der Waals surface area contributed by atoms with Crippen LogP contribution < -0.4 is 0 Å². The quantitative estimate of drug-likeness (QED) is 0.831. The van der Waals surface area contributed by atoms with Crippen LogP contribution in [0.15, 0.2) is 22.8 Å². The average molecular weight is 306 g/mol. The summed E-state index contributed by atoms with van der Waals surface area (Å²) in [5, 5.41) is 0. The summed E-state index contributed by atoms with van der Waals surface area (Å²) in [6.45, 7) is 5.71. The number of hydrogen-bond acceptors (Lipinski definition) is 4. The highest BCUT2D eigenvalue weighted by molar-refractivity contribution is 5.96. The Morgan fingerprint density at radius 3 is 2.59 bits per heavy atom. The number of rotatable bonds is 2. The summed E-state index contributed by atoms with van der Waals surface area (Å²) in [6, 6.07) is 2.95. The van der Waals surface area contributed by atoms with Gasteiger partial charge in [0.15, 0.2) is 5.76 Å². The summed E-state index contributed by atoms with van der Waals surface area (Å²) in [7, 11) is 0. The Morgan fingerprint density at radius 1 is 1.23 bits per heavy atom. The van der Waals surface area contributed by atoms with Gasteiger partial charge in [0.2, 0.25) is 5.91 Å². The zero-order valence-corrected chi connectivity index (χ0v) is 13.0. The number of hydrogen-bond donors (Lipinski definition) is 0. The maximum Gasteiger partial charge on any atom is 0.290 e. The SMILES string of the molecule is CC1CN(C(=O)C2CCCN2C(=O)c2ccco2)CC(C)O1. The number of ether oxygens (including phenoxy) is 1. The van der Waals surface area contributed by atoms with E-state index in [-0.39, 0.29) is 30.1 Å². The summed E-state index contributed by atoms with van der Waals surface area (Å²) in [6.07, 6.45) is 3.10. The van der Waals surface area contributed by atoms with Crippen molar-refractivity contribution >= 4 is 11.8 Å². The lowest BCUT2D eigenvalue weighted by molar-refractivity contribution is -0.147. The first-order valence-corrected chi connectivity index (χ1v) is 7.85. The molecule has 2 fully saturated rings. The molecule has 0 aliphatic carbocycles. The fourth-order valence-electron chi connectivity index (χ4n) is 3.38. The van der Waals surface area contributed by atoms with Gasteiger partial charge in [0.25, 0.3) is 5.91 Å². The van der Waals surface area contributed by atoms with E-state index in [9.17, 15) is 9.59 Å². The van der Waals surface area contributed by atoms with Crippen molar-refractivity contribution in [2.24, 2.45) is 0 Å². The molecule has 2 aliphatic heterocycles. The summed E-state index contributed by atoms with van der Waals surface area (Å²) in [4.78, 5) is 28.8. The standard InChI is InChI=1S/C16H22N2O4/c1-11-9-17(10-12(2)22-11)15(19)13-5-3-7-18(13)16(20)14-6-4-8-21-14/h4,6,8,11-13H,3,5,7,9-10H2,1-2H3. The number of furan rings is 1. The predicted molar refractivity (Wildman–Crippen MR) is 79.4 cm³/mol. The van der Waals surface area contributed by atoms with E-state index >= 15 is 0 Å². The van der Waals surface area contributed by atoms with Gasteiger partial charge in [0.1, 0.15) is 6.04 Å². The molecule has 22 heavy (non-hydrogen) atoms. The molecule has 0 aromatic carbocycles. The Bertz CT molecular complexity index is 532. The summed E-state index contributed by atoms with van der Waals surface area (Å²) in [5.74, 6) is 0.123. The Balaban J connectivity index is 1.72. The molecular weight excluding hydrogens is 284 g/mol. The number of nitrogens with zero attached hydrogens (tertiary/aromatic N) is 2. The first kappa shape index (κ1) is 15.1. The van der Waals surface area contributed by atoms with Crippen molar-refractivity contribution in [3.8, 4) is 0 Å². The third-order valence-electron chi connectivity index (χ3n) is 4.26. The molecule has 2 amide bonds. The van der Waals surface area contributed by atoms with Gasteiger partial charge in [-0.25, -0.2) is 0 Å². The molecule has 0 saturated carbocycles. The highest BCUT2D eigenvalue weighted by Crippen LogP contribution is 2.23. The van der Waals surface area contributed by atoms with E-state index in [2.05, 4.69) is 0 Å². The van der Waals surface area contributed by atoms with Crippen LogP contribution in [-0.2, 0) is 9.53 Å². The predicted octanol–water partition coefficient (Wildman–Crippen LogP) is 1.52. The maximum absolute atomic E-state index is 12.8. The van der Waals surface area contributed by atoms with Crippen molar-refractivity contribution in [1.82, 2.24) is 9.80 Å². The minimum Gasteiger partial charge on any atom is -0.459 e. The summed E-state index contributed by atoms with van der Waals surface area (Å²) < 4.78 is 10.9. The van der Waals surface area contributed by atoms with Gasteiger partial charge in [-0.15, -0.1) is 0 Å². The van der Waals surface area contributed by atoms with Crippen LogP contribution in [0.1, 0.15) is 37.2 Å². The zero-order chi connectivity index (χ0) is 15.7. The first-order chi connectivity index (χ1) is 10.6. The van der Waals surface area contributed by atoms with Crippen LogP contribution >= 0.6 is 0 Å². The molecule has 3 heterocycles. The highest BCUT2D eigenvalue weighted by Gasteiger charge is 2.39. The molecule has 3 unspecified atom stereocenters. The second-order valence-corrected chi connectivity index (χ2v) is 6.13. The van der Waals surface area contributed by atoms with E-state index in [0.29, 0.717) is 31.8 Å². The van der Waals surface area contributed by atoms with Gasteiger partial charge in [-0.05, 0) is 38.8 Å². The third-order valence-corrected chi connectivity index (χ3v) is 4.26. The van der Waals surface area contributed by atoms with E-state index < -0.39 is 0 Å². The fourth-order valence-corrected chi connectivity index (χ4v) is 3.38. The lowest BCUT2D eigenvalue weighted by Crippen LogP contribution is -2.54. The Labute approximate surface area is 130 Å². The second-order valence-electron chi connectivity index (χ2n) is 6.13. The molecule has 2 saturated heterocycles. The van der Waals surface area contributed by atoms with Crippen LogP contribution in [0.3, 0.4) is 0 Å². The molecule has 3 rings (SSSR count). The largest absolute Gasteiger partial charge is 0.459 e. The van der Waals surface area contributed by atoms with Crippen LogP contribution in [0.4, 0.5) is 0 Å². The molecular formula is C16H22N2O4. The lowest BCUT2D eigenvalue weighted by Gasteiger charge is -2.37. The van der Waals surface area contributed by atoms with E-state index in [0.717, 1.165) is 6.42 Å².